The second-order valence-electron chi connectivity index (χ2n) is 7.20. The zero-order valence-corrected chi connectivity index (χ0v) is 20.8. The SMILES string of the molecule is C=C(O)C(C)(C)c1ccc(C(=O)c2ccccc2)s1.CC.Cc1ccc(S(C)=O)cc1. The molecule has 0 saturated heterocycles. The number of aryl methyl sites for hydroxylation is 1. The Bertz CT molecular complexity index is 1000. The van der Waals surface area contributed by atoms with Crippen molar-refractivity contribution >= 4 is 27.9 Å². The van der Waals surface area contributed by atoms with Gasteiger partial charge in [-0.3, -0.25) is 9.00 Å². The van der Waals surface area contributed by atoms with Crippen molar-refractivity contribution < 1.29 is 14.1 Å². The molecule has 5 heteroatoms. The number of carbonyl (C=O) groups excluding carboxylic acids is 1. The Kier molecular flexibility index (Phi) is 10.6. The zero-order chi connectivity index (χ0) is 23.6. The molecule has 31 heavy (non-hydrogen) atoms. The van der Waals surface area contributed by atoms with Gasteiger partial charge in [0.05, 0.1) is 16.1 Å². The normalized spacial score (nSPS) is 11.3. The summed E-state index contributed by atoms with van der Waals surface area (Å²) in [7, 11) is -0.837. The summed E-state index contributed by atoms with van der Waals surface area (Å²) in [6.07, 6.45) is 1.69. The molecule has 1 unspecified atom stereocenters. The molecular formula is C26H32O3S2. The minimum absolute atomic E-state index is 0.0104. The Balaban J connectivity index is 0.000000337. The van der Waals surface area contributed by atoms with E-state index in [1.165, 1.54) is 16.9 Å². The second kappa shape index (κ2) is 12.4. The number of rotatable bonds is 5. The molecule has 0 saturated carbocycles. The first-order valence-electron chi connectivity index (χ1n) is 10.1. The molecule has 0 fully saturated rings. The summed E-state index contributed by atoms with van der Waals surface area (Å²) in [4.78, 5) is 14.8. The topological polar surface area (TPSA) is 54.4 Å². The quantitative estimate of drug-likeness (QED) is 0.329. The third kappa shape index (κ3) is 7.60. The summed E-state index contributed by atoms with van der Waals surface area (Å²) in [5, 5.41) is 9.63. The number of benzene rings is 2. The van der Waals surface area contributed by atoms with Crippen LogP contribution in [0.4, 0.5) is 0 Å². The van der Waals surface area contributed by atoms with E-state index in [0.29, 0.717) is 10.4 Å². The first-order chi connectivity index (χ1) is 14.6. The lowest BCUT2D eigenvalue weighted by Gasteiger charge is -2.21. The van der Waals surface area contributed by atoms with E-state index < -0.39 is 16.2 Å². The number of aliphatic hydroxyl groups excluding tert-OH is 1. The van der Waals surface area contributed by atoms with Gasteiger partial charge >= 0.3 is 0 Å². The van der Waals surface area contributed by atoms with Crippen LogP contribution in [0.25, 0.3) is 0 Å². The fraction of sp³-hybridized carbons (Fsp3) is 0.269. The van der Waals surface area contributed by atoms with Crippen LogP contribution in [-0.2, 0) is 16.2 Å². The number of ketones is 1. The van der Waals surface area contributed by atoms with Crippen molar-refractivity contribution in [2.24, 2.45) is 0 Å². The van der Waals surface area contributed by atoms with Crippen LogP contribution in [0.2, 0.25) is 0 Å². The minimum Gasteiger partial charge on any atom is -0.512 e. The summed E-state index contributed by atoms with van der Waals surface area (Å²) in [6.45, 7) is 13.4. The van der Waals surface area contributed by atoms with Crippen LogP contribution in [0.5, 0.6) is 0 Å². The van der Waals surface area contributed by atoms with Gasteiger partial charge in [0.2, 0.25) is 5.78 Å². The van der Waals surface area contributed by atoms with Gasteiger partial charge in [0, 0.05) is 32.4 Å². The molecule has 166 valence electrons. The monoisotopic (exact) mass is 456 g/mol. The Hall–Kier alpha value is -2.50. The van der Waals surface area contributed by atoms with Crippen LogP contribution >= 0.6 is 11.3 Å². The van der Waals surface area contributed by atoms with E-state index in [0.717, 1.165) is 9.77 Å². The predicted molar refractivity (Wildman–Crippen MR) is 134 cm³/mol. The van der Waals surface area contributed by atoms with E-state index in [1.54, 1.807) is 24.5 Å². The van der Waals surface area contributed by atoms with E-state index in [2.05, 4.69) is 6.58 Å². The molecule has 0 amide bonds. The molecule has 1 aromatic heterocycles. The van der Waals surface area contributed by atoms with Crippen LogP contribution in [0.15, 0.2) is 84.0 Å². The Morgan fingerprint density at radius 1 is 0.968 bits per heavy atom. The predicted octanol–water partition coefficient (Wildman–Crippen LogP) is 7.09. The molecule has 0 aliphatic heterocycles. The van der Waals surface area contributed by atoms with Crippen molar-refractivity contribution in [3.05, 3.63) is 99.9 Å². The number of hydrogen-bond acceptors (Lipinski definition) is 4. The van der Waals surface area contributed by atoms with Gasteiger partial charge < -0.3 is 5.11 Å². The van der Waals surface area contributed by atoms with Crippen molar-refractivity contribution in [3.63, 3.8) is 0 Å². The fourth-order valence-electron chi connectivity index (χ4n) is 2.40. The van der Waals surface area contributed by atoms with Gasteiger partial charge in [0.1, 0.15) is 0 Å². The van der Waals surface area contributed by atoms with Crippen LogP contribution < -0.4 is 0 Å². The first-order valence-corrected chi connectivity index (χ1v) is 12.5. The van der Waals surface area contributed by atoms with Gasteiger partial charge in [-0.1, -0.05) is 68.5 Å². The zero-order valence-electron chi connectivity index (χ0n) is 19.1. The summed E-state index contributed by atoms with van der Waals surface area (Å²) in [6, 6.07) is 20.6. The molecule has 3 nitrogen and oxygen atoms in total. The average Bonchev–Trinajstić information content (AvgIpc) is 3.27. The molecule has 0 aliphatic rings. The molecule has 3 aromatic rings. The van der Waals surface area contributed by atoms with Gasteiger partial charge in [-0.2, -0.15) is 0 Å². The van der Waals surface area contributed by atoms with E-state index >= 15 is 0 Å². The van der Waals surface area contributed by atoms with E-state index in [-0.39, 0.29) is 11.5 Å². The highest BCUT2D eigenvalue weighted by Crippen LogP contribution is 2.34. The maximum atomic E-state index is 12.3. The van der Waals surface area contributed by atoms with Crippen molar-refractivity contribution in [1.29, 1.82) is 0 Å². The van der Waals surface area contributed by atoms with Crippen LogP contribution in [0, 0.1) is 6.92 Å². The Labute approximate surface area is 192 Å². The molecule has 0 aliphatic carbocycles. The Morgan fingerprint density at radius 2 is 1.52 bits per heavy atom. The highest BCUT2D eigenvalue weighted by atomic mass is 32.2. The molecule has 1 atom stereocenters. The van der Waals surface area contributed by atoms with Gasteiger partial charge in [-0.05, 0) is 45.0 Å². The highest BCUT2D eigenvalue weighted by Gasteiger charge is 2.27. The van der Waals surface area contributed by atoms with Crippen molar-refractivity contribution in [1.82, 2.24) is 0 Å². The average molecular weight is 457 g/mol. The maximum Gasteiger partial charge on any atom is 0.202 e. The lowest BCUT2D eigenvalue weighted by atomic mass is 9.90. The third-order valence-corrected chi connectivity index (χ3v) is 6.90. The second-order valence-corrected chi connectivity index (χ2v) is 9.66. The summed E-state index contributed by atoms with van der Waals surface area (Å²) in [5.74, 6) is 0.115. The van der Waals surface area contributed by atoms with Gasteiger partial charge in [0.15, 0.2) is 0 Å². The molecule has 1 heterocycles. The molecule has 2 aromatic carbocycles. The summed E-state index contributed by atoms with van der Waals surface area (Å²) >= 11 is 1.40. The van der Waals surface area contributed by atoms with E-state index in [9.17, 15) is 14.1 Å². The summed E-state index contributed by atoms with van der Waals surface area (Å²) < 4.78 is 10.9. The third-order valence-electron chi connectivity index (χ3n) is 4.56. The molecule has 1 N–H and O–H groups in total. The molecule has 0 spiro atoms. The fourth-order valence-corrected chi connectivity index (χ4v) is 4.01. The van der Waals surface area contributed by atoms with Gasteiger partial charge in [-0.25, -0.2) is 0 Å². The molecule has 0 bridgehead atoms. The number of thiophene rings is 1. The van der Waals surface area contributed by atoms with Crippen LogP contribution in [0.1, 0.15) is 53.4 Å². The minimum atomic E-state index is -0.837. The molecular weight excluding hydrogens is 424 g/mol. The van der Waals surface area contributed by atoms with Crippen molar-refractivity contribution in [3.8, 4) is 0 Å². The van der Waals surface area contributed by atoms with E-state index in [4.69, 9.17) is 0 Å². The van der Waals surface area contributed by atoms with Crippen molar-refractivity contribution in [2.75, 3.05) is 6.26 Å². The molecule has 3 rings (SSSR count). The van der Waals surface area contributed by atoms with Crippen molar-refractivity contribution in [2.45, 2.75) is 44.9 Å². The standard InChI is InChI=1S/C16H16O2S.C8H10OS.C2H6/c1-11(17)16(2,3)14-10-9-13(19-14)15(18)12-7-5-4-6-8-12;1-7-3-5-8(6-4-7)10(2)9;1-2/h4-10,17H,1H2,2-3H3;3-6H,1-2H3;1-2H3. The highest BCUT2D eigenvalue weighted by molar-refractivity contribution is 7.84. The largest absolute Gasteiger partial charge is 0.512 e. The lowest BCUT2D eigenvalue weighted by Crippen LogP contribution is -2.17. The van der Waals surface area contributed by atoms with E-state index in [1.807, 2.05) is 83.1 Å². The van der Waals surface area contributed by atoms with Gasteiger partial charge in [-0.15, -0.1) is 11.3 Å². The number of allylic oxidation sites excluding steroid dienone is 1. The Morgan fingerprint density at radius 3 is 2.00 bits per heavy atom. The number of carbonyl (C=O) groups is 1. The number of aliphatic hydroxyl groups is 1. The molecule has 0 radical (unpaired) electrons. The van der Waals surface area contributed by atoms with Gasteiger partial charge in [0.25, 0.3) is 0 Å². The smallest absolute Gasteiger partial charge is 0.202 e. The lowest BCUT2D eigenvalue weighted by molar-refractivity contribution is 0.104. The summed E-state index contributed by atoms with van der Waals surface area (Å²) in [5.41, 5.74) is 1.35. The maximum absolute atomic E-state index is 12.3. The van der Waals surface area contributed by atoms with Crippen LogP contribution in [-0.4, -0.2) is 21.4 Å². The number of hydrogen-bond donors (Lipinski definition) is 1. The van der Waals surface area contributed by atoms with Crippen LogP contribution in [0.3, 0.4) is 0 Å². The first kappa shape index (κ1) is 26.5.